The van der Waals surface area contributed by atoms with Gasteiger partial charge in [0.15, 0.2) is 5.11 Å². The van der Waals surface area contributed by atoms with Crippen LogP contribution in [0.15, 0.2) is 48.5 Å². The first-order valence-corrected chi connectivity index (χ1v) is 8.34. The summed E-state index contributed by atoms with van der Waals surface area (Å²) in [7, 11) is 0. The van der Waals surface area contributed by atoms with Gasteiger partial charge in [0.2, 0.25) is 0 Å². The average Bonchev–Trinajstić information content (AvgIpc) is 2.52. The molecule has 2 aromatic carbocycles. The fourth-order valence-corrected chi connectivity index (χ4v) is 2.54. The zero-order valence-electron chi connectivity index (χ0n) is 12.7. The van der Waals surface area contributed by atoms with Gasteiger partial charge in [0.25, 0.3) is 0 Å². The number of rotatable bonds is 6. The van der Waals surface area contributed by atoms with Crippen LogP contribution >= 0.6 is 23.8 Å². The number of halogens is 1. The lowest BCUT2D eigenvalue weighted by atomic mass is 10.1. The summed E-state index contributed by atoms with van der Waals surface area (Å²) in [6, 6.07) is 16.2. The van der Waals surface area contributed by atoms with Gasteiger partial charge < -0.3 is 10.6 Å². The van der Waals surface area contributed by atoms with Gasteiger partial charge in [-0.3, -0.25) is 0 Å². The number of anilines is 1. The van der Waals surface area contributed by atoms with Gasteiger partial charge >= 0.3 is 0 Å². The minimum absolute atomic E-state index is 0.612. The highest BCUT2D eigenvalue weighted by molar-refractivity contribution is 7.80. The van der Waals surface area contributed by atoms with Crippen molar-refractivity contribution in [2.45, 2.75) is 32.7 Å². The van der Waals surface area contributed by atoms with Crippen molar-refractivity contribution in [3.05, 3.63) is 64.7 Å². The van der Waals surface area contributed by atoms with Gasteiger partial charge in [0.05, 0.1) is 0 Å². The van der Waals surface area contributed by atoms with Crippen LogP contribution in [-0.4, -0.2) is 5.11 Å². The maximum Gasteiger partial charge on any atom is 0.171 e. The topological polar surface area (TPSA) is 24.1 Å². The van der Waals surface area contributed by atoms with Crippen molar-refractivity contribution in [1.82, 2.24) is 5.32 Å². The molecule has 0 aliphatic heterocycles. The third-order valence-corrected chi connectivity index (χ3v) is 3.85. The maximum absolute atomic E-state index is 5.96. The minimum atomic E-state index is 0.612. The summed E-state index contributed by atoms with van der Waals surface area (Å²) in [5.74, 6) is 0. The van der Waals surface area contributed by atoms with Crippen molar-refractivity contribution >= 4 is 34.6 Å². The average molecular weight is 333 g/mol. The van der Waals surface area contributed by atoms with Crippen LogP contribution < -0.4 is 10.6 Å². The lowest BCUT2D eigenvalue weighted by Crippen LogP contribution is -2.27. The molecule has 0 aliphatic rings. The van der Waals surface area contributed by atoms with E-state index in [1.165, 1.54) is 18.4 Å². The second-order valence-corrected chi connectivity index (χ2v) is 6.08. The van der Waals surface area contributed by atoms with Gasteiger partial charge in [0.1, 0.15) is 0 Å². The highest BCUT2D eigenvalue weighted by Crippen LogP contribution is 2.12. The number of benzene rings is 2. The van der Waals surface area contributed by atoms with Crippen LogP contribution in [0.3, 0.4) is 0 Å². The van der Waals surface area contributed by atoms with E-state index in [9.17, 15) is 0 Å². The Morgan fingerprint density at radius 3 is 2.55 bits per heavy atom. The molecule has 0 saturated heterocycles. The monoisotopic (exact) mass is 332 g/mol. The fraction of sp³-hybridized carbons (Fsp3) is 0.278. The second-order valence-electron chi connectivity index (χ2n) is 5.24. The molecule has 0 heterocycles. The highest BCUT2D eigenvalue weighted by Gasteiger charge is 2.00. The lowest BCUT2D eigenvalue weighted by molar-refractivity contribution is 0.795. The van der Waals surface area contributed by atoms with Gasteiger partial charge in [-0.15, -0.1) is 0 Å². The van der Waals surface area contributed by atoms with Crippen molar-refractivity contribution in [2.75, 3.05) is 5.32 Å². The normalized spacial score (nSPS) is 10.3. The van der Waals surface area contributed by atoms with Crippen LogP contribution in [0.4, 0.5) is 5.69 Å². The molecule has 0 unspecified atom stereocenters. The number of hydrogen-bond acceptors (Lipinski definition) is 1. The van der Waals surface area contributed by atoms with E-state index < -0.39 is 0 Å². The van der Waals surface area contributed by atoms with Crippen LogP contribution in [0.5, 0.6) is 0 Å². The van der Waals surface area contributed by atoms with Crippen LogP contribution in [0.1, 0.15) is 30.9 Å². The summed E-state index contributed by atoms with van der Waals surface area (Å²) in [6.45, 7) is 2.86. The van der Waals surface area contributed by atoms with Gasteiger partial charge in [-0.2, -0.15) is 0 Å². The van der Waals surface area contributed by atoms with Gasteiger partial charge in [-0.25, -0.2) is 0 Å². The standard InChI is InChI=1S/C18H21ClN2S/c1-2-3-5-14-8-10-17(11-9-14)21-18(22)20-13-15-6-4-7-16(19)12-15/h4,6-12H,2-3,5,13H2,1H3,(H2,20,21,22). The van der Waals surface area contributed by atoms with Gasteiger partial charge in [-0.1, -0.05) is 49.2 Å². The number of nitrogens with one attached hydrogen (secondary N) is 2. The highest BCUT2D eigenvalue weighted by atomic mass is 35.5. The van der Waals surface area contributed by atoms with E-state index in [2.05, 4.69) is 41.8 Å². The third kappa shape index (κ3) is 5.66. The van der Waals surface area contributed by atoms with E-state index in [4.69, 9.17) is 23.8 Å². The molecule has 0 aliphatic carbocycles. The van der Waals surface area contributed by atoms with Crippen molar-refractivity contribution in [2.24, 2.45) is 0 Å². The Kier molecular flexibility index (Phi) is 6.69. The summed E-state index contributed by atoms with van der Waals surface area (Å²) in [5, 5.41) is 7.73. The predicted octanol–water partition coefficient (Wildman–Crippen LogP) is 5.17. The Hall–Kier alpha value is -1.58. The molecule has 2 rings (SSSR count). The molecule has 2 nitrogen and oxygen atoms in total. The Morgan fingerprint density at radius 1 is 1.09 bits per heavy atom. The van der Waals surface area contributed by atoms with Crippen LogP contribution in [0.2, 0.25) is 5.02 Å². The quantitative estimate of drug-likeness (QED) is 0.714. The zero-order chi connectivity index (χ0) is 15.8. The van der Waals surface area contributed by atoms with E-state index in [-0.39, 0.29) is 0 Å². The molecule has 0 atom stereocenters. The van der Waals surface area contributed by atoms with Gasteiger partial charge in [-0.05, 0) is 60.5 Å². The van der Waals surface area contributed by atoms with Gasteiger partial charge in [0, 0.05) is 17.3 Å². The van der Waals surface area contributed by atoms with Crippen molar-refractivity contribution in [3.8, 4) is 0 Å². The lowest BCUT2D eigenvalue weighted by Gasteiger charge is -2.11. The maximum atomic E-state index is 5.96. The summed E-state index contributed by atoms with van der Waals surface area (Å²) < 4.78 is 0. The summed E-state index contributed by atoms with van der Waals surface area (Å²) in [4.78, 5) is 0. The van der Waals surface area contributed by atoms with E-state index in [0.717, 1.165) is 22.7 Å². The number of thiocarbonyl (C=S) groups is 1. The second kappa shape index (κ2) is 8.76. The largest absolute Gasteiger partial charge is 0.358 e. The first-order valence-electron chi connectivity index (χ1n) is 7.55. The molecule has 0 fully saturated rings. The van der Waals surface area contributed by atoms with Crippen LogP contribution in [0.25, 0.3) is 0 Å². The molecule has 0 spiro atoms. The summed E-state index contributed by atoms with van der Waals surface area (Å²) >= 11 is 11.3. The van der Waals surface area contributed by atoms with Crippen LogP contribution in [-0.2, 0) is 13.0 Å². The van der Waals surface area contributed by atoms with E-state index in [1.807, 2.05) is 24.3 Å². The molecular formula is C18H21ClN2S. The predicted molar refractivity (Wildman–Crippen MR) is 99.6 cm³/mol. The fourth-order valence-electron chi connectivity index (χ4n) is 2.14. The first kappa shape index (κ1) is 16.8. The molecule has 0 saturated carbocycles. The van der Waals surface area contributed by atoms with Crippen LogP contribution in [0, 0.1) is 0 Å². The minimum Gasteiger partial charge on any atom is -0.358 e. The molecule has 0 bridgehead atoms. The van der Waals surface area contributed by atoms with Crippen molar-refractivity contribution < 1.29 is 0 Å². The molecule has 116 valence electrons. The summed E-state index contributed by atoms with van der Waals surface area (Å²) in [5.41, 5.74) is 3.47. The van der Waals surface area contributed by atoms with E-state index >= 15 is 0 Å². The molecule has 2 aromatic rings. The Bertz CT molecular complexity index is 611. The molecule has 0 aromatic heterocycles. The molecule has 22 heavy (non-hydrogen) atoms. The molecule has 0 amide bonds. The molecule has 4 heteroatoms. The Balaban J connectivity index is 1.81. The Morgan fingerprint density at radius 2 is 1.86 bits per heavy atom. The zero-order valence-corrected chi connectivity index (χ0v) is 14.3. The van der Waals surface area contributed by atoms with E-state index in [1.54, 1.807) is 0 Å². The summed E-state index contributed by atoms with van der Waals surface area (Å²) in [6.07, 6.45) is 3.58. The van der Waals surface area contributed by atoms with Crippen molar-refractivity contribution in [1.29, 1.82) is 0 Å². The SMILES string of the molecule is CCCCc1ccc(NC(=S)NCc2cccc(Cl)c2)cc1. The molecule has 0 radical (unpaired) electrons. The third-order valence-electron chi connectivity index (χ3n) is 3.37. The number of hydrogen-bond donors (Lipinski definition) is 2. The number of unbranched alkanes of at least 4 members (excludes halogenated alkanes) is 1. The molecule has 2 N–H and O–H groups in total. The molecular weight excluding hydrogens is 312 g/mol. The Labute approximate surface area is 142 Å². The number of aryl methyl sites for hydroxylation is 1. The first-order chi connectivity index (χ1) is 10.7. The van der Waals surface area contributed by atoms with Crippen molar-refractivity contribution in [3.63, 3.8) is 0 Å². The smallest absolute Gasteiger partial charge is 0.171 e. The van der Waals surface area contributed by atoms with E-state index in [0.29, 0.717) is 11.7 Å².